The lowest BCUT2D eigenvalue weighted by Crippen LogP contribution is -2.39. The van der Waals surface area contributed by atoms with Crippen molar-refractivity contribution in [1.29, 1.82) is 0 Å². The second-order valence-electron chi connectivity index (χ2n) is 6.44. The maximum Gasteiger partial charge on any atom is 0.121 e. The summed E-state index contributed by atoms with van der Waals surface area (Å²) in [6.07, 6.45) is 2.72. The van der Waals surface area contributed by atoms with E-state index in [9.17, 15) is 0 Å². The Morgan fingerprint density at radius 3 is 2.81 bits per heavy atom. The molecule has 1 aromatic heterocycles. The first-order valence-corrected chi connectivity index (χ1v) is 8.00. The van der Waals surface area contributed by atoms with Crippen LogP contribution in [0.1, 0.15) is 31.2 Å². The molecule has 0 bridgehead atoms. The van der Waals surface area contributed by atoms with Crippen molar-refractivity contribution in [3.63, 3.8) is 0 Å². The van der Waals surface area contributed by atoms with E-state index in [1.807, 2.05) is 0 Å². The van der Waals surface area contributed by atoms with Crippen LogP contribution in [0, 0.1) is 6.92 Å². The molecule has 1 N–H and O–H groups in total. The third-order valence-corrected chi connectivity index (χ3v) is 4.52. The van der Waals surface area contributed by atoms with Crippen LogP contribution in [0.2, 0.25) is 0 Å². The van der Waals surface area contributed by atoms with Crippen molar-refractivity contribution in [1.82, 2.24) is 19.8 Å². The Hall–Kier alpha value is -1.39. The number of imidazole rings is 1. The minimum atomic E-state index is 0.628. The molecule has 1 aliphatic rings. The predicted molar refractivity (Wildman–Crippen MR) is 87.4 cm³/mol. The van der Waals surface area contributed by atoms with Crippen LogP contribution >= 0.6 is 0 Å². The van der Waals surface area contributed by atoms with Crippen LogP contribution in [-0.2, 0) is 6.54 Å². The van der Waals surface area contributed by atoms with E-state index in [1.54, 1.807) is 0 Å². The lowest BCUT2D eigenvalue weighted by molar-refractivity contribution is 0.186. The molecule has 4 nitrogen and oxygen atoms in total. The quantitative estimate of drug-likeness (QED) is 0.918. The number of likely N-dealkylation sites (N-methyl/N-ethyl adjacent to an activating group) is 1. The molecule has 1 aliphatic heterocycles. The van der Waals surface area contributed by atoms with Crippen molar-refractivity contribution in [2.45, 2.75) is 39.3 Å². The van der Waals surface area contributed by atoms with Crippen molar-refractivity contribution in [3.8, 4) is 0 Å². The summed E-state index contributed by atoms with van der Waals surface area (Å²) in [6, 6.07) is 6.93. The van der Waals surface area contributed by atoms with Gasteiger partial charge in [-0.25, -0.2) is 4.98 Å². The first-order valence-electron chi connectivity index (χ1n) is 8.00. The highest BCUT2D eigenvalue weighted by Crippen LogP contribution is 2.17. The number of rotatable bonds is 5. The van der Waals surface area contributed by atoms with Crippen LogP contribution in [0.15, 0.2) is 18.2 Å². The van der Waals surface area contributed by atoms with Crippen LogP contribution in [-0.4, -0.2) is 52.5 Å². The summed E-state index contributed by atoms with van der Waals surface area (Å²) in [5, 5.41) is 0. The molecule has 0 radical (unpaired) electrons. The Bertz CT molecular complexity index is 598. The number of aromatic nitrogens is 2. The molecule has 4 heteroatoms. The molecule has 114 valence electrons. The van der Waals surface area contributed by atoms with Crippen LogP contribution in [0.3, 0.4) is 0 Å². The van der Waals surface area contributed by atoms with Crippen molar-refractivity contribution in [3.05, 3.63) is 29.6 Å². The van der Waals surface area contributed by atoms with E-state index < -0.39 is 0 Å². The van der Waals surface area contributed by atoms with Crippen LogP contribution in [0.5, 0.6) is 0 Å². The minimum absolute atomic E-state index is 0.628. The zero-order valence-electron chi connectivity index (χ0n) is 13.4. The second kappa shape index (κ2) is 6.16. The van der Waals surface area contributed by atoms with Crippen LogP contribution in [0.25, 0.3) is 11.0 Å². The Labute approximate surface area is 127 Å². The first-order chi connectivity index (χ1) is 10.1. The van der Waals surface area contributed by atoms with E-state index in [0.29, 0.717) is 6.04 Å². The van der Waals surface area contributed by atoms with E-state index in [-0.39, 0.29) is 0 Å². The second-order valence-corrected chi connectivity index (χ2v) is 6.44. The number of hydrogen-bond donors (Lipinski definition) is 1. The molecule has 0 saturated carbocycles. The maximum absolute atomic E-state index is 4.75. The molecule has 2 aromatic rings. The molecule has 0 spiro atoms. The summed E-state index contributed by atoms with van der Waals surface area (Å²) in [5.41, 5.74) is 3.49. The number of hydrogen-bond acceptors (Lipinski definition) is 3. The topological polar surface area (TPSA) is 35.2 Å². The molecule has 3 rings (SSSR count). The van der Waals surface area contributed by atoms with E-state index in [2.05, 4.69) is 53.9 Å². The summed E-state index contributed by atoms with van der Waals surface area (Å²) >= 11 is 0. The van der Waals surface area contributed by atoms with Gasteiger partial charge < -0.3 is 4.98 Å². The number of aromatic amines is 1. The Kier molecular flexibility index (Phi) is 4.27. The number of H-pyrrole nitrogens is 1. The average Bonchev–Trinajstić information content (AvgIpc) is 3.07. The largest absolute Gasteiger partial charge is 0.341 e. The minimum Gasteiger partial charge on any atom is -0.341 e. The van der Waals surface area contributed by atoms with Gasteiger partial charge in [-0.1, -0.05) is 12.1 Å². The molecular weight excluding hydrogens is 260 g/mol. The number of fused-ring (bicyclic) bond motifs is 1. The normalized spacial score (nSPS) is 17.9. The van der Waals surface area contributed by atoms with Gasteiger partial charge in [-0.05, 0) is 58.5 Å². The van der Waals surface area contributed by atoms with E-state index in [0.717, 1.165) is 29.9 Å². The number of aryl methyl sites for hydroxylation is 1. The summed E-state index contributed by atoms with van der Waals surface area (Å²) < 4.78 is 0. The fraction of sp³-hybridized carbons (Fsp3) is 0.588. The Morgan fingerprint density at radius 1 is 1.33 bits per heavy atom. The summed E-state index contributed by atoms with van der Waals surface area (Å²) in [4.78, 5) is 13.2. The summed E-state index contributed by atoms with van der Waals surface area (Å²) in [5.74, 6) is 1.07. The van der Waals surface area contributed by atoms with Gasteiger partial charge in [0.1, 0.15) is 5.82 Å². The van der Waals surface area contributed by atoms with Gasteiger partial charge in [-0.3, -0.25) is 9.80 Å². The van der Waals surface area contributed by atoms with Gasteiger partial charge >= 0.3 is 0 Å². The van der Waals surface area contributed by atoms with Crippen LogP contribution in [0.4, 0.5) is 0 Å². The standard InChI is InChI=1S/C17H26N4/c1-13-7-6-8-15-17(13)19-16(18-15)12-20(3)11-14(2)21-9-4-5-10-21/h6-8,14H,4-5,9-12H2,1-3H3,(H,18,19)/t14-/m0/s1. The molecule has 0 unspecified atom stereocenters. The van der Waals surface area contributed by atoms with Crippen molar-refractivity contribution in [2.75, 3.05) is 26.7 Å². The number of nitrogens with zero attached hydrogens (tertiary/aromatic N) is 3. The van der Waals surface area contributed by atoms with Crippen molar-refractivity contribution in [2.24, 2.45) is 0 Å². The lowest BCUT2D eigenvalue weighted by Gasteiger charge is -2.27. The van der Waals surface area contributed by atoms with Crippen LogP contribution < -0.4 is 0 Å². The highest BCUT2D eigenvalue weighted by Gasteiger charge is 2.19. The fourth-order valence-corrected chi connectivity index (χ4v) is 3.37. The molecule has 1 fully saturated rings. The molecule has 2 heterocycles. The zero-order valence-corrected chi connectivity index (χ0v) is 13.4. The molecule has 0 aliphatic carbocycles. The lowest BCUT2D eigenvalue weighted by atomic mass is 10.2. The van der Waals surface area contributed by atoms with Gasteiger partial charge in [0.05, 0.1) is 17.6 Å². The van der Waals surface area contributed by atoms with Gasteiger partial charge in [0.2, 0.25) is 0 Å². The molecule has 1 saturated heterocycles. The third kappa shape index (κ3) is 3.27. The Morgan fingerprint density at radius 2 is 2.10 bits per heavy atom. The predicted octanol–water partition coefficient (Wildman–Crippen LogP) is 2.79. The number of likely N-dealkylation sites (tertiary alicyclic amines) is 1. The Balaban J connectivity index is 1.62. The first kappa shape index (κ1) is 14.5. The van der Waals surface area contributed by atoms with E-state index in [4.69, 9.17) is 4.98 Å². The van der Waals surface area contributed by atoms with Gasteiger partial charge in [0.15, 0.2) is 0 Å². The van der Waals surface area contributed by atoms with Gasteiger partial charge in [-0.15, -0.1) is 0 Å². The highest BCUT2D eigenvalue weighted by molar-refractivity contribution is 5.78. The summed E-state index contributed by atoms with van der Waals surface area (Å²) in [7, 11) is 2.19. The third-order valence-electron chi connectivity index (χ3n) is 4.52. The van der Waals surface area contributed by atoms with Gasteiger partial charge in [-0.2, -0.15) is 0 Å². The summed E-state index contributed by atoms with van der Waals surface area (Å²) in [6.45, 7) is 8.96. The smallest absolute Gasteiger partial charge is 0.121 e. The van der Waals surface area contributed by atoms with Crippen molar-refractivity contribution < 1.29 is 0 Å². The average molecular weight is 286 g/mol. The van der Waals surface area contributed by atoms with E-state index >= 15 is 0 Å². The molecular formula is C17H26N4. The number of benzene rings is 1. The van der Waals surface area contributed by atoms with Gasteiger partial charge in [0.25, 0.3) is 0 Å². The van der Waals surface area contributed by atoms with E-state index in [1.165, 1.54) is 31.5 Å². The molecule has 0 amide bonds. The fourth-order valence-electron chi connectivity index (χ4n) is 3.37. The molecule has 21 heavy (non-hydrogen) atoms. The number of nitrogens with one attached hydrogen (secondary N) is 1. The maximum atomic E-state index is 4.75. The molecule has 1 atom stereocenters. The molecule has 1 aromatic carbocycles. The monoisotopic (exact) mass is 286 g/mol. The SMILES string of the molecule is Cc1cccc2[nH]c(CN(C)C[C@H](C)N3CCCC3)nc12. The zero-order chi connectivity index (χ0) is 14.8. The van der Waals surface area contributed by atoms with Gasteiger partial charge in [0, 0.05) is 12.6 Å². The highest BCUT2D eigenvalue weighted by atomic mass is 15.2. The van der Waals surface area contributed by atoms with Crippen molar-refractivity contribution >= 4 is 11.0 Å². The number of para-hydroxylation sites is 1.